The Labute approximate surface area is 98.5 Å². The largest absolute Gasteiger partial charge is 0.320 e. The summed E-state index contributed by atoms with van der Waals surface area (Å²) in [7, 11) is -3.31. The SMILES string of the molecule is CS(=O)(=O)c1ccc2c(c1)C[C@H](N)C(=O)N2O. The van der Waals surface area contributed by atoms with E-state index in [1.807, 2.05) is 0 Å². The summed E-state index contributed by atoms with van der Waals surface area (Å²) in [6.45, 7) is 0. The zero-order valence-electron chi connectivity index (χ0n) is 9.12. The van der Waals surface area contributed by atoms with Crippen molar-refractivity contribution in [3.05, 3.63) is 23.8 Å². The minimum Gasteiger partial charge on any atom is -0.320 e. The lowest BCUT2D eigenvalue weighted by Crippen LogP contribution is -2.47. The molecular weight excluding hydrogens is 244 g/mol. The third kappa shape index (κ3) is 2.04. The lowest BCUT2D eigenvalue weighted by atomic mass is 9.99. The van der Waals surface area contributed by atoms with Gasteiger partial charge in [0.1, 0.15) is 0 Å². The minimum absolute atomic E-state index is 0.145. The highest BCUT2D eigenvalue weighted by molar-refractivity contribution is 7.90. The van der Waals surface area contributed by atoms with Crippen molar-refractivity contribution in [2.24, 2.45) is 5.73 Å². The monoisotopic (exact) mass is 256 g/mol. The highest BCUT2D eigenvalue weighted by Crippen LogP contribution is 2.28. The summed E-state index contributed by atoms with van der Waals surface area (Å²) >= 11 is 0. The van der Waals surface area contributed by atoms with Crippen LogP contribution in [0.3, 0.4) is 0 Å². The predicted octanol–water partition coefficient (Wildman–Crippen LogP) is -0.304. The Kier molecular flexibility index (Phi) is 2.69. The molecule has 0 bridgehead atoms. The summed E-state index contributed by atoms with van der Waals surface area (Å²) in [6, 6.07) is 3.33. The fraction of sp³-hybridized carbons (Fsp3) is 0.300. The summed E-state index contributed by atoms with van der Waals surface area (Å²) in [5.41, 5.74) is 6.37. The molecule has 0 saturated heterocycles. The van der Waals surface area contributed by atoms with Gasteiger partial charge in [0.2, 0.25) is 0 Å². The van der Waals surface area contributed by atoms with Crippen LogP contribution in [0.4, 0.5) is 5.69 Å². The van der Waals surface area contributed by atoms with Crippen molar-refractivity contribution in [3.63, 3.8) is 0 Å². The van der Waals surface area contributed by atoms with E-state index in [2.05, 4.69) is 0 Å². The number of carbonyl (C=O) groups is 1. The number of anilines is 1. The van der Waals surface area contributed by atoms with E-state index in [0.29, 0.717) is 10.6 Å². The number of sulfone groups is 1. The highest BCUT2D eigenvalue weighted by atomic mass is 32.2. The summed E-state index contributed by atoms with van der Waals surface area (Å²) in [5, 5.41) is 10.0. The lowest BCUT2D eigenvalue weighted by Gasteiger charge is -2.27. The van der Waals surface area contributed by atoms with Crippen molar-refractivity contribution in [1.29, 1.82) is 0 Å². The minimum atomic E-state index is -3.31. The number of hydrogen-bond donors (Lipinski definition) is 2. The van der Waals surface area contributed by atoms with Crippen molar-refractivity contribution in [2.45, 2.75) is 17.4 Å². The maximum Gasteiger partial charge on any atom is 0.267 e. The van der Waals surface area contributed by atoms with E-state index in [-0.39, 0.29) is 17.0 Å². The van der Waals surface area contributed by atoms with Crippen molar-refractivity contribution < 1.29 is 18.4 Å². The molecule has 2 rings (SSSR count). The molecule has 1 aromatic rings. The molecule has 1 amide bonds. The van der Waals surface area contributed by atoms with Gasteiger partial charge >= 0.3 is 0 Å². The average Bonchev–Trinajstić information content (AvgIpc) is 2.24. The van der Waals surface area contributed by atoms with Gasteiger partial charge in [-0.3, -0.25) is 10.0 Å². The van der Waals surface area contributed by atoms with Gasteiger partial charge in [0.25, 0.3) is 5.91 Å². The zero-order chi connectivity index (χ0) is 12.8. The standard InChI is InChI=1S/C10H12N2O4S/c1-17(15,16)7-2-3-9-6(4-7)5-8(11)10(13)12(9)14/h2-4,8,14H,5,11H2,1H3/t8-/m0/s1. The van der Waals surface area contributed by atoms with Gasteiger partial charge < -0.3 is 5.73 Å². The molecule has 1 heterocycles. The molecule has 6 nitrogen and oxygen atoms in total. The average molecular weight is 256 g/mol. The number of carbonyl (C=O) groups excluding carboxylic acids is 1. The summed E-state index contributed by atoms with van der Waals surface area (Å²) in [5.74, 6) is -0.593. The molecule has 0 aliphatic carbocycles. The van der Waals surface area contributed by atoms with E-state index >= 15 is 0 Å². The van der Waals surface area contributed by atoms with Crippen LogP contribution < -0.4 is 10.8 Å². The topological polar surface area (TPSA) is 101 Å². The number of rotatable bonds is 1. The van der Waals surface area contributed by atoms with Crippen LogP contribution in [-0.4, -0.2) is 31.8 Å². The Hall–Kier alpha value is -1.44. The molecule has 3 N–H and O–H groups in total. The summed E-state index contributed by atoms with van der Waals surface area (Å²) in [4.78, 5) is 11.5. The molecule has 1 atom stereocenters. The molecular formula is C10H12N2O4S. The Morgan fingerprint density at radius 1 is 1.47 bits per heavy atom. The molecule has 0 fully saturated rings. The first-order valence-electron chi connectivity index (χ1n) is 4.92. The number of fused-ring (bicyclic) bond motifs is 1. The highest BCUT2D eigenvalue weighted by Gasteiger charge is 2.30. The van der Waals surface area contributed by atoms with Crippen LogP contribution in [0.25, 0.3) is 0 Å². The fourth-order valence-electron chi connectivity index (χ4n) is 1.76. The van der Waals surface area contributed by atoms with Gasteiger partial charge in [0.05, 0.1) is 16.6 Å². The van der Waals surface area contributed by atoms with Crippen LogP contribution in [0.15, 0.2) is 23.1 Å². The lowest BCUT2D eigenvalue weighted by molar-refractivity contribution is -0.125. The fourth-order valence-corrected chi connectivity index (χ4v) is 2.43. The first kappa shape index (κ1) is 12.0. The van der Waals surface area contributed by atoms with E-state index in [4.69, 9.17) is 5.73 Å². The number of hydrogen-bond acceptors (Lipinski definition) is 5. The van der Waals surface area contributed by atoms with E-state index < -0.39 is 21.8 Å². The van der Waals surface area contributed by atoms with Crippen LogP contribution >= 0.6 is 0 Å². The first-order chi connectivity index (χ1) is 7.80. The molecule has 1 aliphatic heterocycles. The van der Waals surface area contributed by atoms with E-state index in [9.17, 15) is 18.4 Å². The number of nitrogens with two attached hydrogens (primary N) is 1. The van der Waals surface area contributed by atoms with Crippen molar-refractivity contribution in [1.82, 2.24) is 0 Å². The molecule has 0 aromatic heterocycles. The first-order valence-corrected chi connectivity index (χ1v) is 6.81. The normalized spacial score (nSPS) is 20.3. The van der Waals surface area contributed by atoms with E-state index in [1.165, 1.54) is 18.2 Å². The summed E-state index contributed by atoms with van der Waals surface area (Å²) < 4.78 is 22.7. The smallest absolute Gasteiger partial charge is 0.267 e. The second-order valence-electron chi connectivity index (χ2n) is 4.02. The number of benzene rings is 1. The zero-order valence-corrected chi connectivity index (χ0v) is 9.94. The quantitative estimate of drug-likeness (QED) is 0.671. The molecule has 0 radical (unpaired) electrons. The molecule has 0 unspecified atom stereocenters. The molecule has 1 aromatic carbocycles. The second kappa shape index (κ2) is 3.80. The maximum atomic E-state index is 11.4. The third-order valence-electron chi connectivity index (χ3n) is 2.67. The number of hydroxylamine groups is 1. The van der Waals surface area contributed by atoms with Crippen LogP contribution in [0.5, 0.6) is 0 Å². The van der Waals surface area contributed by atoms with Gasteiger partial charge in [0.15, 0.2) is 9.84 Å². The van der Waals surface area contributed by atoms with Crippen molar-refractivity contribution in [2.75, 3.05) is 11.3 Å². The molecule has 17 heavy (non-hydrogen) atoms. The summed E-state index contributed by atoms with van der Waals surface area (Å²) in [6.07, 6.45) is 1.31. The third-order valence-corrected chi connectivity index (χ3v) is 3.78. The van der Waals surface area contributed by atoms with Gasteiger partial charge in [-0.05, 0) is 30.2 Å². The van der Waals surface area contributed by atoms with Gasteiger partial charge in [-0.25, -0.2) is 8.42 Å². The molecule has 92 valence electrons. The van der Waals surface area contributed by atoms with Gasteiger partial charge in [-0.2, -0.15) is 5.06 Å². The second-order valence-corrected chi connectivity index (χ2v) is 6.04. The van der Waals surface area contributed by atoms with Crippen LogP contribution in [0, 0.1) is 0 Å². The van der Waals surface area contributed by atoms with Crippen molar-refractivity contribution in [3.8, 4) is 0 Å². The Morgan fingerprint density at radius 3 is 2.71 bits per heavy atom. The molecule has 1 aliphatic rings. The number of nitrogens with zero attached hydrogens (tertiary/aromatic N) is 1. The molecule has 7 heteroatoms. The van der Waals surface area contributed by atoms with Crippen LogP contribution in [-0.2, 0) is 21.1 Å². The van der Waals surface area contributed by atoms with Gasteiger partial charge in [-0.1, -0.05) is 0 Å². The van der Waals surface area contributed by atoms with E-state index in [0.717, 1.165) is 6.26 Å². The Balaban J connectivity index is 2.55. The van der Waals surface area contributed by atoms with E-state index in [1.54, 1.807) is 0 Å². The maximum absolute atomic E-state index is 11.4. The van der Waals surface area contributed by atoms with Gasteiger partial charge in [-0.15, -0.1) is 0 Å². The molecule has 0 saturated carbocycles. The van der Waals surface area contributed by atoms with Gasteiger partial charge in [0, 0.05) is 6.26 Å². The molecule has 0 spiro atoms. The Bertz CT molecular complexity index is 582. The number of amides is 1. The Morgan fingerprint density at radius 2 is 2.12 bits per heavy atom. The van der Waals surface area contributed by atoms with Crippen LogP contribution in [0.2, 0.25) is 0 Å². The predicted molar refractivity (Wildman–Crippen MR) is 60.5 cm³/mol. The van der Waals surface area contributed by atoms with Crippen molar-refractivity contribution >= 4 is 21.4 Å². The van der Waals surface area contributed by atoms with Crippen LogP contribution in [0.1, 0.15) is 5.56 Å².